The van der Waals surface area contributed by atoms with Crippen molar-refractivity contribution in [2.75, 3.05) is 59.0 Å². The van der Waals surface area contributed by atoms with Crippen LogP contribution < -0.4 is 11.1 Å². The Kier molecular flexibility index (Phi) is 8.35. The minimum absolute atomic E-state index is 0.0788. The first-order valence-electron chi connectivity index (χ1n) is 7.09. The fourth-order valence-corrected chi connectivity index (χ4v) is 1.99. The Bertz CT molecular complexity index is 376. The second-order valence-corrected chi connectivity index (χ2v) is 4.72. The van der Waals surface area contributed by atoms with E-state index < -0.39 is 0 Å². The lowest BCUT2D eigenvalue weighted by atomic mass is 10.3. The fraction of sp³-hybridized carbons (Fsp3) is 0.769. The predicted octanol–water partition coefficient (Wildman–Crippen LogP) is -1.86. The third-order valence-electron chi connectivity index (χ3n) is 3.26. The van der Waals surface area contributed by atoms with E-state index in [9.17, 15) is 9.59 Å². The molecule has 1 aliphatic heterocycles. The molecule has 2 amide bonds. The van der Waals surface area contributed by atoms with Crippen LogP contribution in [0, 0.1) is 11.3 Å². The summed E-state index contributed by atoms with van der Waals surface area (Å²) in [6.07, 6.45) is 0.277. The third-order valence-corrected chi connectivity index (χ3v) is 3.26. The number of nitrogens with zero attached hydrogens (tertiary/aromatic N) is 3. The number of rotatable bonds is 8. The zero-order valence-corrected chi connectivity index (χ0v) is 12.2. The van der Waals surface area contributed by atoms with Crippen LogP contribution in [0.4, 0.5) is 0 Å². The number of nitrogens with one attached hydrogen (secondary N) is 1. The molecule has 1 rings (SSSR count). The van der Waals surface area contributed by atoms with Crippen LogP contribution in [-0.4, -0.2) is 80.6 Å². The van der Waals surface area contributed by atoms with Gasteiger partial charge in [-0.15, -0.1) is 0 Å². The van der Waals surface area contributed by atoms with E-state index in [0.29, 0.717) is 26.3 Å². The van der Waals surface area contributed by atoms with Crippen LogP contribution in [0.2, 0.25) is 0 Å². The van der Waals surface area contributed by atoms with E-state index in [1.807, 2.05) is 6.07 Å². The molecule has 0 aromatic heterocycles. The second-order valence-electron chi connectivity index (χ2n) is 4.72. The Hall–Kier alpha value is -1.69. The monoisotopic (exact) mass is 297 g/mol. The van der Waals surface area contributed by atoms with Crippen LogP contribution >= 0.6 is 0 Å². The van der Waals surface area contributed by atoms with Gasteiger partial charge in [-0.2, -0.15) is 5.26 Å². The number of amides is 2. The molecule has 0 saturated carbocycles. The first kappa shape index (κ1) is 17.4. The van der Waals surface area contributed by atoms with Crippen molar-refractivity contribution in [2.45, 2.75) is 6.42 Å². The van der Waals surface area contributed by atoms with Gasteiger partial charge in [0.25, 0.3) is 0 Å². The Balaban J connectivity index is 2.39. The normalized spacial score (nSPS) is 15.2. The molecule has 1 heterocycles. The van der Waals surface area contributed by atoms with E-state index in [2.05, 4.69) is 10.2 Å². The lowest BCUT2D eigenvalue weighted by Gasteiger charge is -2.30. The average molecular weight is 297 g/mol. The summed E-state index contributed by atoms with van der Waals surface area (Å²) >= 11 is 0. The van der Waals surface area contributed by atoms with Crippen molar-refractivity contribution < 1.29 is 14.3 Å². The molecule has 8 heteroatoms. The van der Waals surface area contributed by atoms with Crippen molar-refractivity contribution in [3.8, 4) is 6.07 Å². The lowest BCUT2D eigenvalue weighted by Crippen LogP contribution is -2.46. The highest BCUT2D eigenvalue weighted by Crippen LogP contribution is 1.99. The standard InChI is InChI=1S/C13H23N5O3/c14-2-1-3-18(13(20)11-16-12(19)10-15)5-4-17-6-8-21-9-7-17/h1,3-11,15H2,(H,16,19). The molecular formula is C13H23N5O3. The predicted molar refractivity (Wildman–Crippen MR) is 76.1 cm³/mol. The summed E-state index contributed by atoms with van der Waals surface area (Å²) in [5, 5.41) is 11.1. The molecular weight excluding hydrogens is 274 g/mol. The number of morpholine rings is 1. The molecule has 8 nitrogen and oxygen atoms in total. The Morgan fingerprint density at radius 3 is 2.67 bits per heavy atom. The van der Waals surface area contributed by atoms with Crippen LogP contribution in [0.1, 0.15) is 6.42 Å². The number of ether oxygens (including phenoxy) is 1. The maximum absolute atomic E-state index is 12.1. The Morgan fingerprint density at radius 1 is 1.33 bits per heavy atom. The summed E-state index contributed by atoms with van der Waals surface area (Å²) < 4.78 is 5.27. The molecule has 1 saturated heterocycles. The van der Waals surface area contributed by atoms with Crippen molar-refractivity contribution in [3.63, 3.8) is 0 Å². The molecule has 0 aromatic carbocycles. The van der Waals surface area contributed by atoms with Gasteiger partial charge in [0.1, 0.15) is 0 Å². The molecule has 3 N–H and O–H groups in total. The van der Waals surface area contributed by atoms with Crippen LogP contribution in [0.5, 0.6) is 0 Å². The number of nitrogens with two attached hydrogens (primary N) is 1. The molecule has 21 heavy (non-hydrogen) atoms. The van der Waals surface area contributed by atoms with Gasteiger partial charge in [-0.05, 0) is 0 Å². The smallest absolute Gasteiger partial charge is 0.242 e. The summed E-state index contributed by atoms with van der Waals surface area (Å²) in [6.45, 7) is 4.55. The van der Waals surface area contributed by atoms with Gasteiger partial charge in [-0.3, -0.25) is 14.5 Å². The molecule has 0 bridgehead atoms. The van der Waals surface area contributed by atoms with Crippen molar-refractivity contribution >= 4 is 11.8 Å². The molecule has 118 valence electrons. The summed E-state index contributed by atoms with van der Waals surface area (Å²) in [4.78, 5) is 27.0. The minimum atomic E-state index is -0.364. The number of carbonyl (C=O) groups is 2. The van der Waals surface area contributed by atoms with Gasteiger partial charge in [0.05, 0.1) is 38.8 Å². The van der Waals surface area contributed by atoms with Crippen LogP contribution in [0.3, 0.4) is 0 Å². The zero-order chi connectivity index (χ0) is 15.5. The highest BCUT2D eigenvalue weighted by molar-refractivity contribution is 5.85. The van der Waals surface area contributed by atoms with Gasteiger partial charge >= 0.3 is 0 Å². The third kappa shape index (κ3) is 7.04. The highest BCUT2D eigenvalue weighted by Gasteiger charge is 2.16. The maximum Gasteiger partial charge on any atom is 0.242 e. The first-order valence-corrected chi connectivity index (χ1v) is 7.09. The summed E-state index contributed by atoms with van der Waals surface area (Å²) in [7, 11) is 0. The van der Waals surface area contributed by atoms with Crippen molar-refractivity contribution in [1.82, 2.24) is 15.1 Å². The van der Waals surface area contributed by atoms with E-state index in [1.54, 1.807) is 4.90 Å². The lowest BCUT2D eigenvalue weighted by molar-refractivity contribution is -0.132. The van der Waals surface area contributed by atoms with Gasteiger partial charge in [0.15, 0.2) is 0 Å². The molecule has 0 aliphatic carbocycles. The summed E-state index contributed by atoms with van der Waals surface area (Å²) in [6, 6.07) is 2.03. The molecule has 0 unspecified atom stereocenters. The minimum Gasteiger partial charge on any atom is -0.379 e. The summed E-state index contributed by atoms with van der Waals surface area (Å²) in [5.74, 6) is -0.558. The molecule has 0 spiro atoms. The molecule has 1 fully saturated rings. The van der Waals surface area contributed by atoms with Gasteiger partial charge < -0.3 is 20.7 Å². The van der Waals surface area contributed by atoms with Crippen molar-refractivity contribution in [1.29, 1.82) is 5.26 Å². The summed E-state index contributed by atoms with van der Waals surface area (Å²) in [5.41, 5.74) is 5.17. The van der Waals surface area contributed by atoms with Gasteiger partial charge in [0, 0.05) is 32.7 Å². The van der Waals surface area contributed by atoms with Crippen molar-refractivity contribution in [3.05, 3.63) is 0 Å². The number of nitriles is 1. The fourth-order valence-electron chi connectivity index (χ4n) is 1.99. The highest BCUT2D eigenvalue weighted by atomic mass is 16.5. The molecule has 0 atom stereocenters. The van der Waals surface area contributed by atoms with E-state index in [-0.39, 0.29) is 31.3 Å². The topological polar surface area (TPSA) is 112 Å². The SMILES string of the molecule is N#CCCN(CCN1CCOCC1)C(=O)CNC(=O)CN. The molecule has 0 radical (unpaired) electrons. The quantitative estimate of drug-likeness (QED) is 0.543. The second kappa shape index (κ2) is 10.1. The molecule has 1 aliphatic rings. The van der Waals surface area contributed by atoms with Crippen molar-refractivity contribution in [2.24, 2.45) is 5.73 Å². The Morgan fingerprint density at radius 2 is 2.05 bits per heavy atom. The number of hydrogen-bond donors (Lipinski definition) is 2. The maximum atomic E-state index is 12.1. The first-order chi connectivity index (χ1) is 10.2. The van der Waals surface area contributed by atoms with Gasteiger partial charge in [-0.1, -0.05) is 0 Å². The number of carbonyl (C=O) groups excluding carboxylic acids is 2. The van der Waals surface area contributed by atoms with Crippen LogP contribution in [-0.2, 0) is 14.3 Å². The molecule has 0 aromatic rings. The van der Waals surface area contributed by atoms with Gasteiger partial charge in [-0.25, -0.2) is 0 Å². The Labute approximate surface area is 124 Å². The van der Waals surface area contributed by atoms with E-state index >= 15 is 0 Å². The number of hydrogen-bond acceptors (Lipinski definition) is 6. The van der Waals surface area contributed by atoms with E-state index in [1.165, 1.54) is 0 Å². The average Bonchev–Trinajstić information content (AvgIpc) is 2.53. The van der Waals surface area contributed by atoms with Crippen LogP contribution in [0.15, 0.2) is 0 Å². The van der Waals surface area contributed by atoms with Gasteiger partial charge in [0.2, 0.25) is 11.8 Å². The largest absolute Gasteiger partial charge is 0.379 e. The van der Waals surface area contributed by atoms with Crippen LogP contribution in [0.25, 0.3) is 0 Å². The van der Waals surface area contributed by atoms with E-state index in [0.717, 1.165) is 19.6 Å². The van der Waals surface area contributed by atoms with E-state index in [4.69, 9.17) is 15.7 Å². The zero-order valence-electron chi connectivity index (χ0n) is 12.2.